The third-order valence-corrected chi connectivity index (χ3v) is 6.36. The summed E-state index contributed by atoms with van der Waals surface area (Å²) < 4.78 is 18.7. The zero-order valence-electron chi connectivity index (χ0n) is 21.0. The Balaban J connectivity index is 1.48. The number of hydrogen-bond donors (Lipinski definition) is 1. The number of nitrogens with zero attached hydrogens (tertiary/aromatic N) is 2. The molecular formula is C29H32FN3O3. The third-order valence-electron chi connectivity index (χ3n) is 6.36. The summed E-state index contributed by atoms with van der Waals surface area (Å²) in [6.07, 6.45) is 0.938. The van der Waals surface area contributed by atoms with Gasteiger partial charge < -0.3 is 15.0 Å². The standard InChI is InChI=1S/C29H32FN3O3/c1-20(2)23-9-5-22(6-10-23)19-32-15-4-16-33(29(32)35)26-18-25(13-14-27(26)36-3)31-28(34)17-21-7-11-24(30)12-8-21/h5-14,18,20H,4,15-17,19H2,1-3H3,(H,31,34). The maximum atomic E-state index is 13.5. The van der Waals surface area contributed by atoms with Crippen LogP contribution in [0.2, 0.25) is 0 Å². The Morgan fingerprint density at radius 1 is 1.00 bits per heavy atom. The summed E-state index contributed by atoms with van der Waals surface area (Å²) in [6, 6.07) is 19.4. The molecule has 7 heteroatoms. The van der Waals surface area contributed by atoms with E-state index in [2.05, 4.69) is 43.4 Å². The van der Waals surface area contributed by atoms with Crippen molar-refractivity contribution in [2.75, 3.05) is 30.4 Å². The Hall–Kier alpha value is -3.87. The molecule has 1 N–H and O–H groups in total. The minimum absolute atomic E-state index is 0.0951. The lowest BCUT2D eigenvalue weighted by molar-refractivity contribution is -0.115. The molecule has 6 nitrogen and oxygen atoms in total. The van der Waals surface area contributed by atoms with E-state index in [-0.39, 0.29) is 24.2 Å². The fraction of sp³-hybridized carbons (Fsp3) is 0.310. The lowest BCUT2D eigenvalue weighted by Crippen LogP contribution is -2.49. The number of halogens is 1. The molecule has 36 heavy (non-hydrogen) atoms. The highest BCUT2D eigenvalue weighted by Gasteiger charge is 2.29. The number of hydrogen-bond acceptors (Lipinski definition) is 3. The summed E-state index contributed by atoms with van der Waals surface area (Å²) in [5.41, 5.74) is 4.25. The topological polar surface area (TPSA) is 61.9 Å². The monoisotopic (exact) mass is 489 g/mol. The molecule has 0 atom stereocenters. The van der Waals surface area contributed by atoms with Crippen molar-refractivity contribution in [3.8, 4) is 5.75 Å². The van der Waals surface area contributed by atoms with Crippen molar-refractivity contribution in [1.29, 1.82) is 0 Å². The van der Waals surface area contributed by atoms with Gasteiger partial charge in [0.1, 0.15) is 11.6 Å². The van der Waals surface area contributed by atoms with Crippen LogP contribution in [0.3, 0.4) is 0 Å². The van der Waals surface area contributed by atoms with Crippen LogP contribution in [0.4, 0.5) is 20.6 Å². The predicted octanol–water partition coefficient (Wildman–Crippen LogP) is 5.97. The Labute approximate surface area is 211 Å². The molecule has 0 saturated carbocycles. The smallest absolute Gasteiger partial charge is 0.324 e. The van der Waals surface area contributed by atoms with Gasteiger partial charge in [-0.25, -0.2) is 9.18 Å². The van der Waals surface area contributed by atoms with Gasteiger partial charge in [-0.05, 0) is 59.4 Å². The first-order valence-electron chi connectivity index (χ1n) is 12.2. The molecule has 3 aromatic rings. The molecular weight excluding hydrogens is 457 g/mol. The minimum Gasteiger partial charge on any atom is -0.495 e. The van der Waals surface area contributed by atoms with Crippen LogP contribution in [-0.2, 0) is 17.8 Å². The fourth-order valence-electron chi connectivity index (χ4n) is 4.35. The van der Waals surface area contributed by atoms with E-state index in [4.69, 9.17) is 4.74 Å². The average molecular weight is 490 g/mol. The highest BCUT2D eigenvalue weighted by Crippen LogP contribution is 2.34. The minimum atomic E-state index is -0.341. The van der Waals surface area contributed by atoms with Gasteiger partial charge in [-0.3, -0.25) is 9.69 Å². The Morgan fingerprint density at radius 2 is 1.69 bits per heavy atom. The molecule has 0 bridgehead atoms. The largest absolute Gasteiger partial charge is 0.495 e. The molecule has 4 rings (SSSR count). The zero-order valence-corrected chi connectivity index (χ0v) is 21.0. The third kappa shape index (κ3) is 6.03. The van der Waals surface area contributed by atoms with Crippen molar-refractivity contribution in [3.05, 3.63) is 89.2 Å². The highest BCUT2D eigenvalue weighted by molar-refractivity contribution is 5.97. The Morgan fingerprint density at radius 3 is 2.36 bits per heavy atom. The van der Waals surface area contributed by atoms with Crippen molar-refractivity contribution in [2.45, 2.75) is 39.2 Å². The second kappa shape index (κ2) is 11.2. The molecule has 1 saturated heterocycles. The first kappa shape index (κ1) is 25.2. The maximum Gasteiger partial charge on any atom is 0.324 e. The molecule has 3 amide bonds. The van der Waals surface area contributed by atoms with Crippen molar-refractivity contribution in [3.63, 3.8) is 0 Å². The number of carbonyl (C=O) groups is 2. The summed E-state index contributed by atoms with van der Waals surface area (Å²) in [6.45, 7) is 6.09. The molecule has 0 aliphatic carbocycles. The van der Waals surface area contributed by atoms with Crippen LogP contribution in [-0.4, -0.2) is 37.0 Å². The van der Waals surface area contributed by atoms with E-state index in [0.717, 1.165) is 12.0 Å². The van der Waals surface area contributed by atoms with Crippen LogP contribution in [0.25, 0.3) is 0 Å². The molecule has 1 aliphatic rings. The zero-order chi connectivity index (χ0) is 25.7. The van der Waals surface area contributed by atoms with Gasteiger partial charge in [-0.1, -0.05) is 50.2 Å². The summed E-state index contributed by atoms with van der Waals surface area (Å²) in [5, 5.41) is 2.88. The number of ether oxygens (including phenoxy) is 1. The van der Waals surface area contributed by atoms with E-state index >= 15 is 0 Å². The van der Waals surface area contributed by atoms with Crippen LogP contribution in [0.15, 0.2) is 66.7 Å². The van der Waals surface area contributed by atoms with Gasteiger partial charge in [0.05, 0.1) is 19.2 Å². The second-order valence-electron chi connectivity index (χ2n) is 9.34. The van der Waals surface area contributed by atoms with Crippen molar-refractivity contribution in [2.24, 2.45) is 0 Å². The van der Waals surface area contributed by atoms with E-state index in [1.807, 2.05) is 4.90 Å². The van der Waals surface area contributed by atoms with Gasteiger partial charge in [0.25, 0.3) is 0 Å². The molecule has 1 heterocycles. The van der Waals surface area contributed by atoms with Crippen LogP contribution in [0, 0.1) is 5.82 Å². The van der Waals surface area contributed by atoms with Gasteiger partial charge in [0.2, 0.25) is 5.91 Å². The fourth-order valence-corrected chi connectivity index (χ4v) is 4.35. The predicted molar refractivity (Wildman–Crippen MR) is 140 cm³/mol. The summed E-state index contributed by atoms with van der Waals surface area (Å²) in [7, 11) is 1.56. The average Bonchev–Trinajstić information content (AvgIpc) is 2.87. The molecule has 0 unspecified atom stereocenters. The van der Waals surface area contributed by atoms with Gasteiger partial charge in [-0.2, -0.15) is 0 Å². The number of carbonyl (C=O) groups excluding carboxylic acids is 2. The first-order chi connectivity index (χ1) is 17.3. The van der Waals surface area contributed by atoms with Crippen LogP contribution < -0.4 is 15.0 Å². The second-order valence-corrected chi connectivity index (χ2v) is 9.34. The number of anilines is 2. The highest BCUT2D eigenvalue weighted by atomic mass is 19.1. The first-order valence-corrected chi connectivity index (χ1v) is 12.2. The molecule has 0 radical (unpaired) electrons. The summed E-state index contributed by atoms with van der Waals surface area (Å²) >= 11 is 0. The van der Waals surface area contributed by atoms with Gasteiger partial charge in [0, 0.05) is 25.3 Å². The number of amides is 3. The lowest BCUT2D eigenvalue weighted by atomic mass is 10.0. The van der Waals surface area contributed by atoms with Crippen LogP contribution >= 0.6 is 0 Å². The SMILES string of the molecule is COc1ccc(NC(=O)Cc2ccc(F)cc2)cc1N1CCCN(Cc2ccc(C(C)C)cc2)C1=O. The summed E-state index contributed by atoms with van der Waals surface area (Å²) in [5.74, 6) is 0.450. The quantitative estimate of drug-likeness (QED) is 0.424. The number of benzene rings is 3. The number of rotatable bonds is 8. The molecule has 0 spiro atoms. The van der Waals surface area contributed by atoms with Gasteiger partial charge in [-0.15, -0.1) is 0 Å². The number of urea groups is 1. The Kier molecular flexibility index (Phi) is 7.88. The normalized spacial score (nSPS) is 13.8. The lowest BCUT2D eigenvalue weighted by Gasteiger charge is -2.36. The van der Waals surface area contributed by atoms with E-state index in [9.17, 15) is 14.0 Å². The number of nitrogens with one attached hydrogen (secondary N) is 1. The van der Waals surface area contributed by atoms with Crippen LogP contribution in [0.1, 0.15) is 42.9 Å². The van der Waals surface area contributed by atoms with E-state index in [0.29, 0.717) is 48.2 Å². The van der Waals surface area contributed by atoms with Crippen LogP contribution in [0.5, 0.6) is 5.75 Å². The molecule has 188 valence electrons. The Bertz CT molecular complexity index is 1210. The van der Waals surface area contributed by atoms with Crippen molar-refractivity contribution >= 4 is 23.3 Å². The molecule has 3 aromatic carbocycles. The molecule has 0 aromatic heterocycles. The maximum absolute atomic E-state index is 13.5. The van der Waals surface area contributed by atoms with E-state index < -0.39 is 0 Å². The van der Waals surface area contributed by atoms with E-state index in [1.165, 1.54) is 17.7 Å². The molecule has 1 fully saturated rings. The van der Waals surface area contributed by atoms with Crippen molar-refractivity contribution < 1.29 is 18.7 Å². The number of methoxy groups -OCH3 is 1. The van der Waals surface area contributed by atoms with E-state index in [1.54, 1.807) is 42.3 Å². The summed E-state index contributed by atoms with van der Waals surface area (Å²) in [4.78, 5) is 29.6. The molecule has 1 aliphatic heterocycles. The van der Waals surface area contributed by atoms with Gasteiger partial charge >= 0.3 is 6.03 Å². The van der Waals surface area contributed by atoms with Crippen molar-refractivity contribution in [1.82, 2.24) is 4.90 Å². The van der Waals surface area contributed by atoms with Gasteiger partial charge in [0.15, 0.2) is 0 Å².